The molecule has 0 saturated heterocycles. The third-order valence-electron chi connectivity index (χ3n) is 5.45. The topological polar surface area (TPSA) is 17.1 Å². The number of carbonyl (C=O) groups is 1. The predicted octanol–water partition coefficient (Wildman–Crippen LogP) is 4.53. The third-order valence-corrected chi connectivity index (χ3v) is 5.45. The van der Waals surface area contributed by atoms with E-state index in [-0.39, 0.29) is 5.41 Å². The zero-order chi connectivity index (χ0) is 14.0. The second kappa shape index (κ2) is 5.55. The van der Waals surface area contributed by atoms with Crippen LogP contribution in [0.25, 0.3) is 0 Å². The maximum Gasteiger partial charge on any atom is 0.131 e. The Morgan fingerprint density at radius 3 is 2.70 bits per heavy atom. The largest absolute Gasteiger partial charge is 0.302 e. The van der Waals surface area contributed by atoms with Crippen LogP contribution in [0.1, 0.15) is 44.6 Å². The lowest BCUT2D eigenvalue weighted by Crippen LogP contribution is -2.40. The van der Waals surface area contributed by atoms with Gasteiger partial charge in [0.15, 0.2) is 0 Å². The summed E-state index contributed by atoms with van der Waals surface area (Å²) in [6, 6.07) is 10.5. The monoisotopic (exact) mass is 268 g/mol. The third kappa shape index (κ3) is 1.95. The second-order valence-corrected chi connectivity index (χ2v) is 6.41. The molecule has 2 aliphatic rings. The zero-order valence-electron chi connectivity index (χ0n) is 12.3. The number of rotatable bonds is 6. The molecule has 0 N–H and O–H groups in total. The van der Waals surface area contributed by atoms with E-state index in [0.717, 1.165) is 0 Å². The first-order valence-electron chi connectivity index (χ1n) is 8.03. The molecule has 1 aromatic carbocycles. The molecule has 4 atom stereocenters. The van der Waals surface area contributed by atoms with Gasteiger partial charge >= 0.3 is 0 Å². The summed E-state index contributed by atoms with van der Waals surface area (Å²) in [4.78, 5) is 12.1. The molecule has 106 valence electrons. The Balaban J connectivity index is 1.94. The number of carbonyl (C=O) groups excluding carboxylic acids is 1. The average Bonchev–Trinajstić information content (AvgIpc) is 3.08. The molecule has 0 spiro atoms. The van der Waals surface area contributed by atoms with Gasteiger partial charge in [0.2, 0.25) is 0 Å². The van der Waals surface area contributed by atoms with Gasteiger partial charge in [0.05, 0.1) is 5.41 Å². The van der Waals surface area contributed by atoms with Gasteiger partial charge in [-0.05, 0) is 36.2 Å². The average molecular weight is 268 g/mol. The summed E-state index contributed by atoms with van der Waals surface area (Å²) < 4.78 is 0. The first kappa shape index (κ1) is 13.6. The van der Waals surface area contributed by atoms with Crippen molar-refractivity contribution in [3.8, 4) is 0 Å². The summed E-state index contributed by atoms with van der Waals surface area (Å²) in [6.45, 7) is 2.24. The van der Waals surface area contributed by atoms with Crippen LogP contribution in [0.2, 0.25) is 0 Å². The fourth-order valence-corrected chi connectivity index (χ4v) is 4.47. The molecule has 1 nitrogen and oxygen atoms in total. The van der Waals surface area contributed by atoms with Crippen molar-refractivity contribution >= 4 is 6.29 Å². The van der Waals surface area contributed by atoms with E-state index in [4.69, 9.17) is 0 Å². The number of benzene rings is 1. The van der Waals surface area contributed by atoms with Crippen LogP contribution in [0, 0.1) is 17.8 Å². The molecule has 2 bridgehead atoms. The Hall–Kier alpha value is -1.37. The second-order valence-electron chi connectivity index (χ2n) is 6.41. The van der Waals surface area contributed by atoms with Gasteiger partial charge in [-0.2, -0.15) is 0 Å². The minimum absolute atomic E-state index is 0.256. The lowest BCUT2D eigenvalue weighted by molar-refractivity contribution is -0.115. The molecule has 0 unspecified atom stereocenters. The van der Waals surface area contributed by atoms with Crippen molar-refractivity contribution in [3.63, 3.8) is 0 Å². The van der Waals surface area contributed by atoms with Crippen molar-refractivity contribution in [2.75, 3.05) is 0 Å². The van der Waals surface area contributed by atoms with Crippen molar-refractivity contribution in [2.45, 2.75) is 44.4 Å². The van der Waals surface area contributed by atoms with Crippen LogP contribution in [0.4, 0.5) is 0 Å². The summed E-state index contributed by atoms with van der Waals surface area (Å²) in [5, 5.41) is 0. The summed E-state index contributed by atoms with van der Waals surface area (Å²) in [6.07, 6.45) is 12.1. The molecule has 1 saturated carbocycles. The molecule has 1 fully saturated rings. The van der Waals surface area contributed by atoms with Gasteiger partial charge in [0.1, 0.15) is 6.29 Å². The highest BCUT2D eigenvalue weighted by atomic mass is 16.1. The highest BCUT2D eigenvalue weighted by molar-refractivity contribution is 5.72. The lowest BCUT2D eigenvalue weighted by atomic mass is 9.64. The number of fused-ring (bicyclic) bond motifs is 2. The molecule has 0 radical (unpaired) electrons. The predicted molar refractivity (Wildman–Crippen MR) is 82.6 cm³/mol. The summed E-state index contributed by atoms with van der Waals surface area (Å²) in [5.41, 5.74) is 0.974. The Labute approximate surface area is 122 Å². The van der Waals surface area contributed by atoms with Gasteiger partial charge in [-0.25, -0.2) is 0 Å². The normalized spacial score (nSPS) is 34.5. The summed E-state index contributed by atoms with van der Waals surface area (Å²) in [5.74, 6) is 1.53. The van der Waals surface area contributed by atoms with Gasteiger partial charge in [-0.15, -0.1) is 0 Å². The quantitative estimate of drug-likeness (QED) is 0.421. The molecular weight excluding hydrogens is 244 g/mol. The van der Waals surface area contributed by atoms with E-state index in [1.807, 2.05) is 6.07 Å². The van der Waals surface area contributed by atoms with Crippen LogP contribution in [-0.2, 0) is 10.2 Å². The number of hydrogen-bond donors (Lipinski definition) is 0. The molecule has 1 aromatic rings. The van der Waals surface area contributed by atoms with E-state index in [1.165, 1.54) is 44.0 Å². The molecule has 3 rings (SSSR count). The first-order valence-corrected chi connectivity index (χ1v) is 8.03. The van der Waals surface area contributed by atoms with Gasteiger partial charge < -0.3 is 4.79 Å². The molecule has 0 heterocycles. The van der Waals surface area contributed by atoms with Crippen LogP contribution in [0.15, 0.2) is 42.5 Å². The van der Waals surface area contributed by atoms with E-state index in [1.54, 1.807) is 0 Å². The number of hydrogen-bond acceptors (Lipinski definition) is 1. The lowest BCUT2D eigenvalue weighted by Gasteiger charge is -2.38. The van der Waals surface area contributed by atoms with Crippen LogP contribution in [-0.4, -0.2) is 6.29 Å². The van der Waals surface area contributed by atoms with Crippen LogP contribution < -0.4 is 0 Å². The highest BCUT2D eigenvalue weighted by Gasteiger charge is 2.56. The molecule has 1 heteroatoms. The zero-order valence-corrected chi connectivity index (χ0v) is 12.3. The molecular formula is C19H24O. The molecule has 20 heavy (non-hydrogen) atoms. The molecule has 0 aromatic heterocycles. The van der Waals surface area contributed by atoms with Crippen LogP contribution in [0.5, 0.6) is 0 Å². The van der Waals surface area contributed by atoms with Crippen molar-refractivity contribution < 1.29 is 4.79 Å². The number of unbranched alkanes of at least 4 members (excludes halogenated alkanes) is 2. The van der Waals surface area contributed by atoms with Crippen molar-refractivity contribution in [1.82, 2.24) is 0 Å². The maximum atomic E-state index is 12.1. The Bertz CT molecular complexity index is 490. The Morgan fingerprint density at radius 2 is 2.00 bits per heavy atom. The maximum absolute atomic E-state index is 12.1. The SMILES string of the molecule is CCCCC[C@@H]1[C@H]2C=C[C@H](C2)[C@]1(C=O)c1ccccc1. The molecule has 0 aliphatic heterocycles. The van der Waals surface area contributed by atoms with Crippen LogP contribution in [0.3, 0.4) is 0 Å². The number of aldehydes is 1. The molecule has 2 aliphatic carbocycles. The minimum Gasteiger partial charge on any atom is -0.302 e. The van der Waals surface area contributed by atoms with Crippen molar-refractivity contribution in [3.05, 3.63) is 48.0 Å². The molecule has 0 amide bonds. The van der Waals surface area contributed by atoms with E-state index in [9.17, 15) is 4.79 Å². The smallest absolute Gasteiger partial charge is 0.131 e. The summed E-state index contributed by atoms with van der Waals surface area (Å²) >= 11 is 0. The summed E-state index contributed by atoms with van der Waals surface area (Å²) in [7, 11) is 0. The van der Waals surface area contributed by atoms with Gasteiger partial charge in [0, 0.05) is 0 Å². The standard InChI is InChI=1S/C19H24O/c1-2-3-5-10-18-15-11-12-17(13-15)19(18,14-20)16-8-6-4-7-9-16/h4,6-9,11-12,14-15,17-18H,2-3,5,10,13H2,1H3/t15-,17+,18+,19-/m0/s1. The fraction of sp³-hybridized carbons (Fsp3) is 0.526. The highest BCUT2D eigenvalue weighted by Crippen LogP contribution is 2.57. The minimum atomic E-state index is -0.256. The van der Waals surface area contributed by atoms with E-state index < -0.39 is 0 Å². The fourth-order valence-electron chi connectivity index (χ4n) is 4.47. The Morgan fingerprint density at radius 1 is 1.20 bits per heavy atom. The van der Waals surface area contributed by atoms with Crippen molar-refractivity contribution in [2.24, 2.45) is 17.8 Å². The first-order chi connectivity index (χ1) is 9.82. The number of allylic oxidation sites excluding steroid dienone is 2. The van der Waals surface area contributed by atoms with E-state index in [2.05, 4.69) is 43.3 Å². The van der Waals surface area contributed by atoms with Crippen molar-refractivity contribution in [1.29, 1.82) is 0 Å². The van der Waals surface area contributed by atoms with E-state index in [0.29, 0.717) is 17.8 Å². The van der Waals surface area contributed by atoms with Crippen LogP contribution >= 0.6 is 0 Å². The van der Waals surface area contributed by atoms with Gasteiger partial charge in [-0.3, -0.25) is 0 Å². The van der Waals surface area contributed by atoms with Gasteiger partial charge in [-0.1, -0.05) is 68.7 Å². The Kier molecular flexibility index (Phi) is 3.78. The van der Waals surface area contributed by atoms with Gasteiger partial charge in [0.25, 0.3) is 0 Å². The van der Waals surface area contributed by atoms with E-state index >= 15 is 0 Å².